The number of amides is 2. The van der Waals surface area contributed by atoms with Gasteiger partial charge in [0.1, 0.15) is 6.04 Å². The first-order chi connectivity index (χ1) is 10.5. The molecule has 124 valence electrons. The zero-order valence-electron chi connectivity index (χ0n) is 13.0. The van der Waals surface area contributed by atoms with Crippen molar-refractivity contribution in [2.75, 3.05) is 26.7 Å². The molecule has 1 N–H and O–H groups in total. The van der Waals surface area contributed by atoms with Gasteiger partial charge < -0.3 is 19.6 Å². The predicted octanol–water partition coefficient (Wildman–Crippen LogP) is -0.0861. The molecule has 7 nitrogen and oxygen atoms in total. The molecule has 0 spiro atoms. The summed E-state index contributed by atoms with van der Waals surface area (Å²) in [5.74, 6) is -0.813. The number of likely N-dealkylation sites (tertiary alicyclic amines) is 2. The lowest BCUT2D eigenvalue weighted by Gasteiger charge is -2.27. The van der Waals surface area contributed by atoms with Gasteiger partial charge in [0.05, 0.1) is 13.2 Å². The Bertz CT molecular complexity index is 434. The molecule has 22 heavy (non-hydrogen) atoms. The lowest BCUT2D eigenvalue weighted by molar-refractivity contribution is -0.151. The molecule has 2 aliphatic rings. The molecule has 0 bridgehead atoms. The first-order valence-corrected chi connectivity index (χ1v) is 7.86. The second kappa shape index (κ2) is 7.58. The summed E-state index contributed by atoms with van der Waals surface area (Å²) in [5.41, 5.74) is 0. The number of aliphatic hydroxyl groups is 1. The highest BCUT2D eigenvalue weighted by molar-refractivity contribution is 5.88. The fourth-order valence-corrected chi connectivity index (χ4v) is 3.11. The number of aliphatic hydroxyl groups excluding tert-OH is 1. The number of hydrogen-bond donors (Lipinski definition) is 1. The van der Waals surface area contributed by atoms with E-state index in [9.17, 15) is 19.5 Å². The molecule has 2 fully saturated rings. The van der Waals surface area contributed by atoms with Gasteiger partial charge in [0, 0.05) is 38.9 Å². The van der Waals surface area contributed by atoms with Crippen molar-refractivity contribution in [3.8, 4) is 0 Å². The summed E-state index contributed by atoms with van der Waals surface area (Å²) >= 11 is 0. The van der Waals surface area contributed by atoms with E-state index >= 15 is 0 Å². The van der Waals surface area contributed by atoms with Crippen molar-refractivity contribution in [1.82, 2.24) is 9.80 Å². The summed E-state index contributed by atoms with van der Waals surface area (Å²) < 4.78 is 4.66. The summed E-state index contributed by atoms with van der Waals surface area (Å²) in [6, 6.07) is -0.738. The van der Waals surface area contributed by atoms with Crippen molar-refractivity contribution in [3.63, 3.8) is 0 Å². The number of carbonyl (C=O) groups excluding carboxylic acids is 3. The Labute approximate surface area is 130 Å². The molecular formula is C15H24N2O5. The van der Waals surface area contributed by atoms with E-state index < -0.39 is 18.1 Å². The Kier molecular flexibility index (Phi) is 5.76. The standard InChI is InChI=1S/C15H24N2O5/c1-22-15(21)12-9-11(18)10-17(12)14(20)6-5-13(19)16-7-3-2-4-8-16/h11-12,18H,2-10H2,1H3/t11-,12-/m0/s1. The number of ether oxygens (including phenoxy) is 1. The number of carbonyl (C=O) groups is 3. The predicted molar refractivity (Wildman–Crippen MR) is 77.8 cm³/mol. The minimum Gasteiger partial charge on any atom is -0.467 e. The molecule has 0 aromatic heterocycles. The van der Waals surface area contributed by atoms with Crippen molar-refractivity contribution in [2.45, 2.75) is 50.7 Å². The van der Waals surface area contributed by atoms with Gasteiger partial charge in [0.2, 0.25) is 11.8 Å². The van der Waals surface area contributed by atoms with E-state index in [0.717, 1.165) is 32.4 Å². The SMILES string of the molecule is COC(=O)[C@@H]1C[C@H](O)CN1C(=O)CCC(=O)N1CCCCC1. The molecule has 0 saturated carbocycles. The van der Waals surface area contributed by atoms with Crippen LogP contribution in [0.15, 0.2) is 0 Å². The average molecular weight is 312 g/mol. The summed E-state index contributed by atoms with van der Waals surface area (Å²) in [4.78, 5) is 39.1. The molecule has 0 radical (unpaired) electrons. The van der Waals surface area contributed by atoms with Crippen LogP contribution in [0.3, 0.4) is 0 Å². The summed E-state index contributed by atoms with van der Waals surface area (Å²) in [6.45, 7) is 1.65. The van der Waals surface area contributed by atoms with Crippen molar-refractivity contribution < 1.29 is 24.2 Å². The maximum Gasteiger partial charge on any atom is 0.328 e. The molecule has 0 aliphatic carbocycles. The maximum absolute atomic E-state index is 12.2. The van der Waals surface area contributed by atoms with Crippen molar-refractivity contribution >= 4 is 17.8 Å². The van der Waals surface area contributed by atoms with Crippen LogP contribution in [0, 0.1) is 0 Å². The molecule has 2 rings (SSSR count). The van der Waals surface area contributed by atoms with E-state index in [4.69, 9.17) is 0 Å². The number of rotatable bonds is 4. The highest BCUT2D eigenvalue weighted by Gasteiger charge is 2.39. The molecule has 2 atom stereocenters. The van der Waals surface area contributed by atoms with Gasteiger partial charge >= 0.3 is 5.97 Å². The maximum atomic E-state index is 12.2. The number of β-amino-alcohol motifs (C(OH)–C–C–N with tert-alkyl or cyclic N) is 1. The van der Waals surface area contributed by atoms with Gasteiger partial charge in [-0.2, -0.15) is 0 Å². The Morgan fingerprint density at radius 3 is 2.36 bits per heavy atom. The number of hydrogen-bond acceptors (Lipinski definition) is 5. The van der Waals surface area contributed by atoms with Crippen LogP contribution < -0.4 is 0 Å². The van der Waals surface area contributed by atoms with E-state index in [2.05, 4.69) is 4.74 Å². The smallest absolute Gasteiger partial charge is 0.328 e. The number of esters is 1. The lowest BCUT2D eigenvalue weighted by Crippen LogP contribution is -2.42. The monoisotopic (exact) mass is 312 g/mol. The van der Waals surface area contributed by atoms with Crippen molar-refractivity contribution in [1.29, 1.82) is 0 Å². The molecule has 2 saturated heterocycles. The third kappa shape index (κ3) is 3.97. The second-order valence-electron chi connectivity index (χ2n) is 5.92. The van der Waals surface area contributed by atoms with Crippen molar-refractivity contribution in [2.24, 2.45) is 0 Å². The molecule has 0 aromatic rings. The van der Waals surface area contributed by atoms with Crippen LogP contribution in [-0.4, -0.2) is 71.6 Å². The summed E-state index contributed by atoms with van der Waals surface area (Å²) in [6.07, 6.45) is 2.87. The van der Waals surface area contributed by atoms with E-state index in [-0.39, 0.29) is 37.6 Å². The van der Waals surface area contributed by atoms with Gasteiger partial charge in [0.25, 0.3) is 0 Å². The molecular weight excluding hydrogens is 288 g/mol. The van der Waals surface area contributed by atoms with Gasteiger partial charge in [-0.05, 0) is 19.3 Å². The van der Waals surface area contributed by atoms with Gasteiger partial charge in [-0.1, -0.05) is 0 Å². The van der Waals surface area contributed by atoms with Gasteiger partial charge in [0.15, 0.2) is 0 Å². The molecule has 2 heterocycles. The van der Waals surface area contributed by atoms with Gasteiger partial charge in [-0.25, -0.2) is 4.79 Å². The van der Waals surface area contributed by atoms with E-state index in [1.165, 1.54) is 12.0 Å². The summed E-state index contributed by atoms with van der Waals surface area (Å²) in [5, 5.41) is 9.67. The fraction of sp³-hybridized carbons (Fsp3) is 0.800. The Morgan fingerprint density at radius 2 is 1.73 bits per heavy atom. The Hall–Kier alpha value is -1.63. The number of nitrogens with zero attached hydrogens (tertiary/aromatic N) is 2. The fourth-order valence-electron chi connectivity index (χ4n) is 3.11. The van der Waals surface area contributed by atoms with Crippen LogP contribution >= 0.6 is 0 Å². The molecule has 7 heteroatoms. The normalized spacial score (nSPS) is 25.2. The van der Waals surface area contributed by atoms with Crippen LogP contribution in [0.4, 0.5) is 0 Å². The highest BCUT2D eigenvalue weighted by Crippen LogP contribution is 2.21. The molecule has 2 aliphatic heterocycles. The lowest BCUT2D eigenvalue weighted by atomic mass is 10.1. The minimum absolute atomic E-state index is 0.0117. The first kappa shape index (κ1) is 16.7. The topological polar surface area (TPSA) is 87.1 Å². The van der Waals surface area contributed by atoms with Crippen LogP contribution in [0.1, 0.15) is 38.5 Å². The highest BCUT2D eigenvalue weighted by atomic mass is 16.5. The molecule has 0 aromatic carbocycles. The van der Waals surface area contributed by atoms with Crippen LogP contribution in [0.5, 0.6) is 0 Å². The average Bonchev–Trinajstić information content (AvgIpc) is 2.94. The Balaban J connectivity index is 1.85. The quantitative estimate of drug-likeness (QED) is 0.733. The van der Waals surface area contributed by atoms with Gasteiger partial charge in [-0.15, -0.1) is 0 Å². The number of methoxy groups -OCH3 is 1. The zero-order valence-corrected chi connectivity index (χ0v) is 13.0. The zero-order chi connectivity index (χ0) is 16.1. The van der Waals surface area contributed by atoms with E-state index in [1.807, 2.05) is 0 Å². The third-order valence-electron chi connectivity index (χ3n) is 4.33. The van der Waals surface area contributed by atoms with Crippen molar-refractivity contribution in [3.05, 3.63) is 0 Å². The molecule has 2 amide bonds. The third-order valence-corrected chi connectivity index (χ3v) is 4.33. The summed E-state index contributed by atoms with van der Waals surface area (Å²) in [7, 11) is 1.26. The van der Waals surface area contributed by atoms with Crippen LogP contribution in [0.2, 0.25) is 0 Å². The first-order valence-electron chi connectivity index (χ1n) is 7.86. The van der Waals surface area contributed by atoms with E-state index in [0.29, 0.717) is 0 Å². The largest absolute Gasteiger partial charge is 0.467 e. The second-order valence-corrected chi connectivity index (χ2v) is 5.92. The minimum atomic E-state index is -0.738. The Morgan fingerprint density at radius 1 is 1.09 bits per heavy atom. The van der Waals surface area contributed by atoms with Crippen LogP contribution in [0.25, 0.3) is 0 Å². The van der Waals surface area contributed by atoms with Gasteiger partial charge in [-0.3, -0.25) is 9.59 Å². The molecule has 0 unspecified atom stereocenters. The number of piperidine rings is 1. The van der Waals surface area contributed by atoms with E-state index in [1.54, 1.807) is 4.90 Å². The van der Waals surface area contributed by atoms with Crippen LogP contribution in [-0.2, 0) is 19.1 Å².